The smallest absolute Gasteiger partial charge is 0.228 e. The average Bonchev–Trinajstić information content (AvgIpc) is 3.58. The summed E-state index contributed by atoms with van der Waals surface area (Å²) < 4.78 is 2.02. The van der Waals surface area contributed by atoms with E-state index in [0.29, 0.717) is 46.6 Å². The highest BCUT2D eigenvalue weighted by molar-refractivity contribution is 7.27. The lowest BCUT2D eigenvalue weighted by atomic mass is 10.0. The van der Waals surface area contributed by atoms with Crippen LogP contribution in [0.3, 0.4) is 0 Å². The zero-order valence-corrected chi connectivity index (χ0v) is 25.2. The van der Waals surface area contributed by atoms with Crippen molar-refractivity contribution in [1.82, 2.24) is 29.2 Å². The normalized spacial score (nSPS) is 13.3. The van der Waals surface area contributed by atoms with Gasteiger partial charge in [-0.3, -0.25) is 19.2 Å². The Hall–Kier alpha value is -4.23. The van der Waals surface area contributed by atoms with Crippen molar-refractivity contribution in [3.05, 3.63) is 71.3 Å². The minimum absolute atomic E-state index is 0.00682. The third-order valence-electron chi connectivity index (χ3n) is 7.41. The maximum absolute atomic E-state index is 12.5. The molecular formula is C30H29N8O2PS. The van der Waals surface area contributed by atoms with E-state index in [-0.39, 0.29) is 24.9 Å². The molecule has 212 valence electrons. The summed E-state index contributed by atoms with van der Waals surface area (Å²) in [5.41, 5.74) is 5.40. The Morgan fingerprint density at radius 2 is 1.90 bits per heavy atom. The molecule has 1 fully saturated rings. The molecule has 0 radical (unpaired) electrons. The van der Waals surface area contributed by atoms with E-state index in [9.17, 15) is 15.2 Å². The zero-order valence-electron chi connectivity index (χ0n) is 23.2. The number of aryl methyl sites for hydroxylation is 1. The van der Waals surface area contributed by atoms with Crippen LogP contribution in [0.25, 0.3) is 28.2 Å². The van der Waals surface area contributed by atoms with Crippen LogP contribution in [0.1, 0.15) is 23.2 Å². The minimum atomic E-state index is -0.00682. The van der Waals surface area contributed by atoms with Crippen LogP contribution >= 0.6 is 20.6 Å². The Balaban J connectivity index is 1.29. The molecule has 1 aromatic carbocycles. The molecule has 0 aliphatic carbocycles. The zero-order chi connectivity index (χ0) is 29.4. The first-order chi connectivity index (χ1) is 20.4. The van der Waals surface area contributed by atoms with Gasteiger partial charge in [0, 0.05) is 56.2 Å². The van der Waals surface area contributed by atoms with E-state index in [1.54, 1.807) is 17.3 Å². The van der Waals surface area contributed by atoms with Crippen molar-refractivity contribution >= 4 is 48.4 Å². The molecule has 10 nitrogen and oxygen atoms in total. The standard InChI is InChI=1S/C30H29N8O2PS/c1-3-23-29(36(2)30-35-28(25(11-31)42-30)19-4-7-22(41)8-5-19)38-16-20(6-9-26(38)34-23)24-13-32-21(12-33-24)10-27(40)37-14-18(15-37)17-39/h4-9,12-13,16,18,39H,3,10,14-15,17,41H2,1-2H3. The van der Waals surface area contributed by atoms with Crippen molar-refractivity contribution in [2.45, 2.75) is 19.8 Å². The quantitative estimate of drug-likeness (QED) is 0.270. The molecule has 1 amide bonds. The number of aliphatic hydroxyl groups excluding tert-OH is 1. The number of carbonyl (C=O) groups excluding carboxylic acids is 1. The summed E-state index contributed by atoms with van der Waals surface area (Å²) in [6.45, 7) is 3.35. The number of thiazole rings is 1. The van der Waals surface area contributed by atoms with Gasteiger partial charge in [-0.1, -0.05) is 42.5 Å². The van der Waals surface area contributed by atoms with Crippen LogP contribution in [0.2, 0.25) is 0 Å². The van der Waals surface area contributed by atoms with Crippen LogP contribution in [0.15, 0.2) is 55.0 Å². The number of rotatable bonds is 8. The number of aromatic nitrogens is 5. The van der Waals surface area contributed by atoms with Gasteiger partial charge in [-0.25, -0.2) is 9.97 Å². The topological polar surface area (TPSA) is 124 Å². The van der Waals surface area contributed by atoms with E-state index in [4.69, 9.17) is 9.97 Å². The number of carbonyl (C=O) groups is 1. The summed E-state index contributed by atoms with van der Waals surface area (Å²) in [7, 11) is 4.61. The summed E-state index contributed by atoms with van der Waals surface area (Å²) in [6, 6.07) is 14.1. The van der Waals surface area contributed by atoms with Gasteiger partial charge >= 0.3 is 0 Å². The molecule has 1 atom stereocenters. The maximum atomic E-state index is 12.5. The molecule has 0 bridgehead atoms. The molecule has 1 N–H and O–H groups in total. The SMILES string of the molecule is CCc1nc2ccc(-c3cnc(CC(=O)N4CC(CO)C4)cn3)cn2c1N(C)c1nc(-c2ccc(P)cc2)c(C#N)s1. The van der Waals surface area contributed by atoms with Gasteiger partial charge in [-0.2, -0.15) is 5.26 Å². The van der Waals surface area contributed by atoms with Crippen molar-refractivity contribution in [2.75, 3.05) is 31.6 Å². The van der Waals surface area contributed by atoms with Crippen molar-refractivity contribution in [3.63, 3.8) is 0 Å². The number of likely N-dealkylation sites (tertiary alicyclic amines) is 1. The molecule has 4 aromatic heterocycles. The fraction of sp³-hybridized carbons (Fsp3) is 0.267. The molecule has 12 heteroatoms. The molecule has 1 aliphatic heterocycles. The molecule has 1 aliphatic rings. The predicted molar refractivity (Wildman–Crippen MR) is 166 cm³/mol. The Kier molecular flexibility index (Phi) is 7.69. The lowest BCUT2D eigenvalue weighted by Crippen LogP contribution is -2.51. The number of imidazole rings is 1. The Morgan fingerprint density at radius 3 is 2.57 bits per heavy atom. The van der Waals surface area contributed by atoms with Crippen molar-refractivity contribution < 1.29 is 9.90 Å². The van der Waals surface area contributed by atoms with E-state index in [2.05, 4.69) is 32.2 Å². The highest BCUT2D eigenvalue weighted by Gasteiger charge is 2.30. The van der Waals surface area contributed by atoms with E-state index >= 15 is 0 Å². The number of aliphatic hydroxyl groups is 1. The number of nitriles is 1. The summed E-state index contributed by atoms with van der Waals surface area (Å²) in [6.07, 6.45) is 6.21. The predicted octanol–water partition coefficient (Wildman–Crippen LogP) is 3.61. The van der Waals surface area contributed by atoms with Gasteiger partial charge in [-0.15, -0.1) is 9.24 Å². The van der Waals surface area contributed by atoms with Crippen molar-refractivity contribution in [1.29, 1.82) is 5.26 Å². The summed E-state index contributed by atoms with van der Waals surface area (Å²) in [5, 5.41) is 20.8. The second-order valence-electron chi connectivity index (χ2n) is 10.3. The molecule has 0 spiro atoms. The van der Waals surface area contributed by atoms with Crippen LogP contribution in [-0.4, -0.2) is 67.0 Å². The van der Waals surface area contributed by atoms with E-state index in [0.717, 1.165) is 33.6 Å². The van der Waals surface area contributed by atoms with E-state index < -0.39 is 0 Å². The van der Waals surface area contributed by atoms with Gasteiger partial charge in [-0.05, 0) is 23.9 Å². The minimum Gasteiger partial charge on any atom is -0.396 e. The van der Waals surface area contributed by atoms with Crippen LogP contribution in [0.5, 0.6) is 0 Å². The van der Waals surface area contributed by atoms with Crippen LogP contribution in [0.4, 0.5) is 10.9 Å². The fourth-order valence-electron chi connectivity index (χ4n) is 5.03. The first kappa shape index (κ1) is 27.9. The van der Waals surface area contributed by atoms with Crippen LogP contribution in [0, 0.1) is 17.2 Å². The Labute approximate surface area is 249 Å². The number of nitrogens with zero attached hydrogens (tertiary/aromatic N) is 8. The van der Waals surface area contributed by atoms with Gasteiger partial charge in [0.2, 0.25) is 5.91 Å². The average molecular weight is 597 g/mol. The Morgan fingerprint density at radius 1 is 1.14 bits per heavy atom. The third-order valence-corrected chi connectivity index (χ3v) is 8.83. The number of pyridine rings is 1. The lowest BCUT2D eigenvalue weighted by Gasteiger charge is -2.38. The number of fused-ring (bicyclic) bond motifs is 1. The molecule has 5 heterocycles. The molecule has 6 rings (SSSR count). The molecule has 1 unspecified atom stereocenters. The van der Waals surface area contributed by atoms with Crippen molar-refractivity contribution in [3.8, 4) is 28.6 Å². The number of hydrogen-bond donors (Lipinski definition) is 1. The van der Waals surface area contributed by atoms with Gasteiger partial charge in [0.15, 0.2) is 5.13 Å². The molecule has 42 heavy (non-hydrogen) atoms. The number of amides is 1. The Bertz CT molecular complexity index is 1800. The lowest BCUT2D eigenvalue weighted by molar-refractivity contribution is -0.137. The van der Waals surface area contributed by atoms with Gasteiger partial charge in [0.05, 0.1) is 29.7 Å². The molecule has 5 aromatic rings. The van der Waals surface area contributed by atoms with Crippen LogP contribution in [-0.2, 0) is 17.6 Å². The number of hydrogen-bond acceptors (Lipinski definition) is 9. The number of anilines is 2. The largest absolute Gasteiger partial charge is 0.396 e. The molecule has 1 saturated heterocycles. The third kappa shape index (κ3) is 5.25. The van der Waals surface area contributed by atoms with Crippen LogP contribution < -0.4 is 10.2 Å². The van der Waals surface area contributed by atoms with E-state index in [1.165, 1.54) is 11.3 Å². The highest BCUT2D eigenvalue weighted by atomic mass is 32.1. The van der Waals surface area contributed by atoms with Gasteiger partial charge in [0.1, 0.15) is 28.1 Å². The monoisotopic (exact) mass is 596 g/mol. The second-order valence-corrected chi connectivity index (χ2v) is 11.9. The highest BCUT2D eigenvalue weighted by Crippen LogP contribution is 2.37. The maximum Gasteiger partial charge on any atom is 0.228 e. The van der Waals surface area contributed by atoms with Gasteiger partial charge in [0.25, 0.3) is 0 Å². The van der Waals surface area contributed by atoms with Crippen molar-refractivity contribution in [2.24, 2.45) is 5.92 Å². The number of benzene rings is 1. The second kappa shape index (κ2) is 11.6. The first-order valence-corrected chi connectivity index (χ1v) is 15.0. The molecule has 0 saturated carbocycles. The first-order valence-electron chi connectivity index (χ1n) is 13.6. The summed E-state index contributed by atoms with van der Waals surface area (Å²) in [5.74, 6) is 1.04. The van der Waals surface area contributed by atoms with Gasteiger partial charge < -0.3 is 14.9 Å². The van der Waals surface area contributed by atoms with E-state index in [1.807, 2.05) is 58.9 Å². The molecular weight excluding hydrogens is 567 g/mol. The summed E-state index contributed by atoms with van der Waals surface area (Å²) >= 11 is 1.35. The fourth-order valence-corrected chi connectivity index (χ4v) is 6.07. The summed E-state index contributed by atoms with van der Waals surface area (Å²) in [4.78, 5) is 35.6.